The summed E-state index contributed by atoms with van der Waals surface area (Å²) in [6.07, 6.45) is 4.90. The molecule has 396 valence electrons. The van der Waals surface area contributed by atoms with Crippen LogP contribution in [0, 0.1) is 0 Å². The lowest BCUT2D eigenvalue weighted by molar-refractivity contribution is -0.326. The number of aliphatic hydroxyl groups excluding tert-OH is 1. The Morgan fingerprint density at radius 1 is 0.649 bits per heavy atom. The number of rotatable bonds is 13. The van der Waals surface area contributed by atoms with Gasteiger partial charge in [-0.3, -0.25) is 5.21 Å². The van der Waals surface area contributed by atoms with E-state index in [1.54, 1.807) is 77.8 Å². The van der Waals surface area contributed by atoms with Gasteiger partial charge in [0, 0.05) is 56.1 Å². The van der Waals surface area contributed by atoms with Gasteiger partial charge in [-0.25, -0.2) is 33.9 Å². The fraction of sp³-hybridized carbons (Fsp3) is 0.298. The highest BCUT2D eigenvalue weighted by atomic mass is 79.9. The van der Waals surface area contributed by atoms with Gasteiger partial charge in [0.25, 0.3) is 0 Å². The smallest absolute Gasteiger partial charge is 0.461 e. The van der Waals surface area contributed by atoms with E-state index in [-0.39, 0.29) is 51.6 Å². The van der Waals surface area contributed by atoms with Crippen LogP contribution in [0.15, 0.2) is 137 Å². The molecule has 19 nitrogen and oxygen atoms in total. The van der Waals surface area contributed by atoms with Crippen LogP contribution >= 0.6 is 31.9 Å². The van der Waals surface area contributed by atoms with Crippen molar-refractivity contribution in [3.05, 3.63) is 157 Å². The molecule has 27 heteroatoms. The molecular weight excluding hydrogens is 1130 g/mol. The number of hydrogen-bond acceptors (Lipinski definition) is 15. The summed E-state index contributed by atoms with van der Waals surface area (Å²) in [6.45, 7) is 2.32. The van der Waals surface area contributed by atoms with Crippen molar-refractivity contribution < 1.29 is 88.5 Å². The number of oxazole rings is 2. The largest absolute Gasteiger partial charge is 0.477 e. The Bertz CT molecular complexity index is 2670. The van der Waals surface area contributed by atoms with Crippen molar-refractivity contribution in [3.63, 3.8) is 0 Å². The number of hydroxylamine groups is 4. The molecule has 2 aromatic heterocycles. The first-order valence-corrected chi connectivity index (χ1v) is 23.2. The lowest BCUT2D eigenvalue weighted by Gasteiger charge is -2.24. The molecule has 74 heavy (non-hydrogen) atoms. The molecule has 2 fully saturated rings. The van der Waals surface area contributed by atoms with Crippen LogP contribution in [0.5, 0.6) is 0 Å². The van der Waals surface area contributed by atoms with Crippen molar-refractivity contribution in [2.75, 3.05) is 32.8 Å². The molecule has 2 unspecified atom stereocenters. The van der Waals surface area contributed by atoms with Gasteiger partial charge in [-0.05, 0) is 35.8 Å². The molecule has 4 aliphatic heterocycles. The van der Waals surface area contributed by atoms with E-state index in [2.05, 4.69) is 29.0 Å². The first-order valence-electron chi connectivity index (χ1n) is 21.6. The molecule has 4 amide bonds. The number of nitrogens with zero attached hydrogens (tertiary/aromatic N) is 6. The number of ether oxygens (including phenoxy) is 3. The molecule has 2 N–H and O–H groups in total. The van der Waals surface area contributed by atoms with Crippen LogP contribution in [-0.4, -0.2) is 131 Å². The second-order valence-electron chi connectivity index (χ2n) is 15.3. The van der Waals surface area contributed by atoms with Crippen molar-refractivity contribution in [2.24, 2.45) is 0 Å². The fourth-order valence-electron chi connectivity index (χ4n) is 6.53. The van der Waals surface area contributed by atoms with Gasteiger partial charge in [0.2, 0.25) is 11.8 Å². The molecule has 4 bridgehead atoms. The van der Waals surface area contributed by atoms with Crippen LogP contribution in [-0.2, 0) is 53.3 Å². The van der Waals surface area contributed by atoms with Gasteiger partial charge < -0.3 is 38.0 Å². The normalized spacial score (nSPS) is 16.6. The number of aliphatic hydroxyl groups is 1. The summed E-state index contributed by atoms with van der Waals surface area (Å²) in [6, 6.07) is 24.3. The minimum atomic E-state index is -4.32. The van der Waals surface area contributed by atoms with Gasteiger partial charge in [-0.15, -0.1) is 0 Å². The maximum absolute atomic E-state index is 14.2. The van der Waals surface area contributed by atoms with Gasteiger partial charge in [0.15, 0.2) is 0 Å². The van der Waals surface area contributed by atoms with E-state index >= 15 is 0 Å². The molecule has 4 aliphatic rings. The highest BCUT2D eigenvalue weighted by molar-refractivity contribution is 9.10. The third-order valence-electron chi connectivity index (χ3n) is 9.92. The van der Waals surface area contributed by atoms with E-state index in [4.69, 9.17) is 13.9 Å². The number of benzene rings is 3. The standard InChI is InChI=1S/C18H15F2N3O5.C9H7BrF2O2.C9H9N3O3.C7H8O.C4H5BrF2O2/c19-18(20,16(24)27-11-12-4-2-1-3-5-12)28-23-14-8-13(15-21-6-7-26-15)9-22(10-14)17(23)25;10-9(11,12)8(13)14-6-7-4-2-1-3-5-7;13-9-11-4-6(8-10-1-2-15-8)3-7(5-11)12(9)14;8-6-7-4-2-1-3-5-7;1-2-9-3(8)4(5,6)7/h1-8,14H,9-11H2;1-5H,6H2;1-3,7,14H,4-5H2;1-5,8H,6H2;2H2,1H3. The zero-order chi connectivity index (χ0) is 54.1. The van der Waals surface area contributed by atoms with Gasteiger partial charge >= 0.3 is 45.7 Å². The Morgan fingerprint density at radius 2 is 1.07 bits per heavy atom. The summed E-state index contributed by atoms with van der Waals surface area (Å²) in [4.78, 5) is 64.4. The quantitative estimate of drug-likeness (QED) is 0.0371. The minimum Gasteiger partial charge on any atom is -0.461 e. The number of carbonyl (C=O) groups excluding carboxylic acids is 5. The van der Waals surface area contributed by atoms with E-state index in [1.807, 2.05) is 68.3 Å². The molecule has 0 spiro atoms. The van der Waals surface area contributed by atoms with Crippen LogP contribution in [0.1, 0.15) is 35.4 Å². The van der Waals surface area contributed by atoms with Crippen molar-refractivity contribution in [1.29, 1.82) is 0 Å². The number of hydrogen-bond donors (Lipinski definition) is 2. The minimum absolute atomic E-state index is 0.0416. The van der Waals surface area contributed by atoms with Crippen LogP contribution < -0.4 is 0 Å². The van der Waals surface area contributed by atoms with E-state index in [0.29, 0.717) is 46.6 Å². The van der Waals surface area contributed by atoms with E-state index in [0.717, 1.165) is 16.2 Å². The SMILES string of the molecule is CCOC(=O)C(F)(F)Br.O=C(OCc1ccccc1)C(F)(F)Br.O=C1N2CC(c3ncco3)=CC(C2)N1O.O=C1N2CC(c3ncco3)=CC(C2)N1OC(F)(F)C(=O)OCc1ccccc1.OCc1ccccc1. The first kappa shape index (κ1) is 57.8. The summed E-state index contributed by atoms with van der Waals surface area (Å²) in [7, 11) is 0. The average molecular weight is 1170 g/mol. The highest BCUT2D eigenvalue weighted by Gasteiger charge is 2.52. The molecule has 0 radical (unpaired) electrons. The van der Waals surface area contributed by atoms with Crippen molar-refractivity contribution in [2.45, 2.75) is 54.6 Å². The molecule has 2 saturated heterocycles. The summed E-state index contributed by atoms with van der Waals surface area (Å²) >= 11 is 3.75. The Balaban J connectivity index is 0.000000187. The van der Waals surface area contributed by atoms with Crippen molar-refractivity contribution >= 4 is 73.0 Å². The molecule has 6 heterocycles. The van der Waals surface area contributed by atoms with E-state index < -0.39 is 45.8 Å². The predicted octanol–water partition coefficient (Wildman–Crippen LogP) is 8.45. The van der Waals surface area contributed by atoms with Crippen LogP contribution in [0.4, 0.5) is 35.9 Å². The Hall–Kier alpha value is -7.07. The number of aromatic nitrogens is 2. The number of amides is 4. The number of esters is 3. The number of urea groups is 2. The topological polar surface area (TPSA) is 228 Å². The van der Waals surface area contributed by atoms with Gasteiger partial charge in [0.05, 0.1) is 50.8 Å². The summed E-state index contributed by atoms with van der Waals surface area (Å²) in [5.41, 5.74) is 3.58. The molecule has 0 aliphatic carbocycles. The second-order valence-corrected chi connectivity index (χ2v) is 17.3. The first-order chi connectivity index (χ1) is 35.1. The van der Waals surface area contributed by atoms with Crippen LogP contribution in [0.3, 0.4) is 0 Å². The molecule has 0 saturated carbocycles. The lowest BCUT2D eigenvalue weighted by atomic mass is 10.1. The molecule has 2 atom stereocenters. The third kappa shape index (κ3) is 17.0. The van der Waals surface area contributed by atoms with Gasteiger partial charge in [-0.2, -0.15) is 41.3 Å². The monoisotopic (exact) mass is 1170 g/mol. The molecule has 9 rings (SSSR count). The lowest BCUT2D eigenvalue weighted by Crippen LogP contribution is -2.44. The second kappa shape index (κ2) is 26.8. The van der Waals surface area contributed by atoms with E-state index in [9.17, 15) is 55.5 Å². The van der Waals surface area contributed by atoms with Crippen LogP contribution in [0.2, 0.25) is 0 Å². The van der Waals surface area contributed by atoms with Crippen LogP contribution in [0.25, 0.3) is 11.1 Å². The predicted molar refractivity (Wildman–Crippen MR) is 251 cm³/mol. The zero-order valence-corrected chi connectivity index (χ0v) is 41.7. The highest BCUT2D eigenvalue weighted by Crippen LogP contribution is 2.33. The summed E-state index contributed by atoms with van der Waals surface area (Å²) in [5, 5.41) is 19.2. The average Bonchev–Trinajstić information content (AvgIpc) is 4.21. The number of fused-ring (bicyclic) bond motifs is 4. The maximum atomic E-state index is 14.2. The summed E-state index contributed by atoms with van der Waals surface area (Å²) < 4.78 is 99.7. The Labute approximate surface area is 433 Å². The van der Waals surface area contributed by atoms with Crippen molar-refractivity contribution in [1.82, 2.24) is 29.9 Å². The Kier molecular flexibility index (Phi) is 20.9. The third-order valence-corrected chi connectivity index (χ3v) is 10.6. The number of alkyl halides is 8. The molecule has 3 aromatic carbocycles. The van der Waals surface area contributed by atoms with Crippen molar-refractivity contribution in [3.8, 4) is 0 Å². The summed E-state index contributed by atoms with van der Waals surface area (Å²) in [5.74, 6) is -4.21. The maximum Gasteiger partial charge on any atom is 0.477 e. The Morgan fingerprint density at radius 3 is 1.46 bits per heavy atom. The van der Waals surface area contributed by atoms with Gasteiger partial charge in [0.1, 0.15) is 25.7 Å². The fourth-order valence-corrected chi connectivity index (χ4v) is 6.76. The van der Waals surface area contributed by atoms with E-state index in [1.165, 1.54) is 30.5 Å². The van der Waals surface area contributed by atoms with Gasteiger partial charge in [-0.1, -0.05) is 91.0 Å². The zero-order valence-electron chi connectivity index (χ0n) is 38.5. The molecular formula is C47H44Br2F6N6O13. The number of halogens is 8. The molecule has 5 aromatic rings. The number of carbonyl (C=O) groups is 5.